The standard InChI is InChI=1S/2C15H12FN3/c2*16-14-8-4-7-13(9-14)15-11-19(18-17-15)10-12-5-2-1-3-6-12/h2*1-9,11H,10H2. The quantitative estimate of drug-likeness (QED) is 0.267. The zero-order valence-corrected chi connectivity index (χ0v) is 20.4. The van der Waals surface area contributed by atoms with Gasteiger partial charge in [-0.25, -0.2) is 18.1 Å². The van der Waals surface area contributed by atoms with E-state index in [-0.39, 0.29) is 11.6 Å². The summed E-state index contributed by atoms with van der Waals surface area (Å²) in [6.45, 7) is 1.31. The molecule has 0 amide bonds. The van der Waals surface area contributed by atoms with Gasteiger partial charge in [0.25, 0.3) is 0 Å². The summed E-state index contributed by atoms with van der Waals surface area (Å²) in [5.74, 6) is -0.537. The molecular weight excluding hydrogens is 482 g/mol. The summed E-state index contributed by atoms with van der Waals surface area (Å²) in [5.41, 5.74) is 5.13. The summed E-state index contributed by atoms with van der Waals surface area (Å²) in [7, 11) is 0. The van der Waals surface area contributed by atoms with Crippen molar-refractivity contribution in [3.05, 3.63) is 144 Å². The van der Waals surface area contributed by atoms with Gasteiger partial charge in [-0.15, -0.1) is 10.2 Å². The lowest BCUT2D eigenvalue weighted by Crippen LogP contribution is -1.99. The smallest absolute Gasteiger partial charge is 0.123 e. The molecule has 0 radical (unpaired) electrons. The summed E-state index contributed by atoms with van der Waals surface area (Å²) >= 11 is 0. The molecule has 38 heavy (non-hydrogen) atoms. The van der Waals surface area contributed by atoms with E-state index in [9.17, 15) is 8.78 Å². The number of rotatable bonds is 6. The predicted molar refractivity (Wildman–Crippen MR) is 142 cm³/mol. The maximum atomic E-state index is 13.2. The highest BCUT2D eigenvalue weighted by Gasteiger charge is 2.06. The average Bonchev–Trinajstić information content (AvgIpc) is 3.60. The third kappa shape index (κ3) is 6.61. The van der Waals surface area contributed by atoms with E-state index in [0.29, 0.717) is 24.5 Å². The minimum atomic E-state index is -0.268. The van der Waals surface area contributed by atoms with Crippen LogP contribution < -0.4 is 0 Å². The highest BCUT2D eigenvalue weighted by Crippen LogP contribution is 2.18. The van der Waals surface area contributed by atoms with Gasteiger partial charge in [-0.3, -0.25) is 0 Å². The fourth-order valence-corrected chi connectivity index (χ4v) is 3.85. The molecule has 0 saturated heterocycles. The molecule has 2 heterocycles. The van der Waals surface area contributed by atoms with E-state index < -0.39 is 0 Å². The summed E-state index contributed by atoms with van der Waals surface area (Å²) in [4.78, 5) is 0. The SMILES string of the molecule is Fc1cccc(-c2cn(Cc3ccccc3)nn2)c1.Fc1cccc(-c2cn(Cc3ccccc3)nn2)c1. The molecule has 0 unspecified atom stereocenters. The van der Waals surface area contributed by atoms with E-state index in [1.54, 1.807) is 21.5 Å². The van der Waals surface area contributed by atoms with Crippen LogP contribution in [0.1, 0.15) is 11.1 Å². The Labute approximate surface area is 218 Å². The fourth-order valence-electron chi connectivity index (χ4n) is 3.85. The van der Waals surface area contributed by atoms with Crippen LogP contribution in [0.15, 0.2) is 122 Å². The van der Waals surface area contributed by atoms with Crippen LogP contribution in [0.2, 0.25) is 0 Å². The molecular formula is C30H24F2N6. The first-order valence-corrected chi connectivity index (χ1v) is 12.0. The minimum absolute atomic E-state index is 0.268. The third-order valence-electron chi connectivity index (χ3n) is 5.69. The van der Waals surface area contributed by atoms with Gasteiger partial charge in [0.2, 0.25) is 0 Å². The molecule has 6 aromatic rings. The lowest BCUT2D eigenvalue weighted by molar-refractivity contribution is 0.628. The van der Waals surface area contributed by atoms with Crippen molar-refractivity contribution >= 4 is 0 Å². The van der Waals surface area contributed by atoms with Crippen LogP contribution >= 0.6 is 0 Å². The molecule has 0 aliphatic carbocycles. The Bertz CT molecular complexity index is 1470. The van der Waals surface area contributed by atoms with E-state index in [2.05, 4.69) is 20.6 Å². The van der Waals surface area contributed by atoms with Gasteiger partial charge in [0.05, 0.1) is 25.5 Å². The molecule has 0 atom stereocenters. The molecule has 0 fully saturated rings. The van der Waals surface area contributed by atoms with Crippen molar-refractivity contribution in [3.8, 4) is 22.5 Å². The van der Waals surface area contributed by atoms with Gasteiger partial charge in [0.1, 0.15) is 23.0 Å². The van der Waals surface area contributed by atoms with Crippen LogP contribution in [-0.2, 0) is 13.1 Å². The minimum Gasteiger partial charge on any atom is -0.247 e. The molecule has 6 rings (SSSR count). The Morgan fingerprint density at radius 3 is 1.32 bits per heavy atom. The van der Waals surface area contributed by atoms with E-state index >= 15 is 0 Å². The van der Waals surface area contributed by atoms with Crippen molar-refractivity contribution in [1.82, 2.24) is 30.0 Å². The lowest BCUT2D eigenvalue weighted by atomic mass is 10.2. The number of aromatic nitrogens is 6. The zero-order valence-electron chi connectivity index (χ0n) is 20.4. The Kier molecular flexibility index (Phi) is 7.69. The second-order valence-electron chi connectivity index (χ2n) is 8.59. The lowest BCUT2D eigenvalue weighted by Gasteiger charge is -1.99. The summed E-state index contributed by atoms with van der Waals surface area (Å²) in [5, 5.41) is 16.3. The Morgan fingerprint density at radius 2 is 0.921 bits per heavy atom. The van der Waals surface area contributed by atoms with Crippen LogP contribution in [0.5, 0.6) is 0 Å². The van der Waals surface area contributed by atoms with Crippen molar-refractivity contribution < 1.29 is 8.78 Å². The average molecular weight is 507 g/mol. The van der Waals surface area contributed by atoms with E-state index in [1.807, 2.05) is 85.2 Å². The van der Waals surface area contributed by atoms with E-state index in [1.165, 1.54) is 24.3 Å². The highest BCUT2D eigenvalue weighted by molar-refractivity contribution is 5.58. The molecule has 0 spiro atoms. The van der Waals surface area contributed by atoms with Gasteiger partial charge in [-0.2, -0.15) is 0 Å². The number of halogens is 2. The van der Waals surface area contributed by atoms with Gasteiger partial charge in [0.15, 0.2) is 0 Å². The van der Waals surface area contributed by atoms with Crippen LogP contribution in [0.4, 0.5) is 8.78 Å². The van der Waals surface area contributed by atoms with E-state index in [0.717, 1.165) is 22.3 Å². The molecule has 0 bridgehead atoms. The molecule has 0 saturated carbocycles. The first-order valence-electron chi connectivity index (χ1n) is 12.0. The summed E-state index contributed by atoms with van der Waals surface area (Å²) in [6, 6.07) is 32.7. The Balaban J connectivity index is 0.000000155. The number of hydrogen-bond acceptors (Lipinski definition) is 4. The van der Waals surface area contributed by atoms with Gasteiger partial charge >= 0.3 is 0 Å². The van der Waals surface area contributed by atoms with Gasteiger partial charge in [0, 0.05) is 11.1 Å². The van der Waals surface area contributed by atoms with Crippen molar-refractivity contribution in [2.45, 2.75) is 13.1 Å². The monoisotopic (exact) mass is 506 g/mol. The predicted octanol–water partition coefficient (Wildman–Crippen LogP) is 6.27. The molecule has 8 heteroatoms. The normalized spacial score (nSPS) is 10.6. The molecule has 4 aromatic carbocycles. The van der Waals surface area contributed by atoms with Gasteiger partial charge in [-0.05, 0) is 35.4 Å². The molecule has 0 aliphatic heterocycles. The number of nitrogens with zero attached hydrogens (tertiary/aromatic N) is 6. The van der Waals surface area contributed by atoms with Crippen molar-refractivity contribution in [3.63, 3.8) is 0 Å². The van der Waals surface area contributed by atoms with E-state index in [4.69, 9.17) is 0 Å². The maximum absolute atomic E-state index is 13.2. The first-order chi connectivity index (χ1) is 18.6. The largest absolute Gasteiger partial charge is 0.247 e. The van der Waals surface area contributed by atoms with Crippen LogP contribution in [-0.4, -0.2) is 30.0 Å². The molecule has 6 nitrogen and oxygen atoms in total. The van der Waals surface area contributed by atoms with Gasteiger partial charge < -0.3 is 0 Å². The molecule has 188 valence electrons. The highest BCUT2D eigenvalue weighted by atomic mass is 19.1. The van der Waals surface area contributed by atoms with Crippen LogP contribution in [0.3, 0.4) is 0 Å². The van der Waals surface area contributed by atoms with Crippen molar-refractivity contribution in [1.29, 1.82) is 0 Å². The Morgan fingerprint density at radius 1 is 0.500 bits per heavy atom. The van der Waals surface area contributed by atoms with Crippen molar-refractivity contribution in [2.24, 2.45) is 0 Å². The van der Waals surface area contributed by atoms with Crippen LogP contribution in [0, 0.1) is 11.6 Å². The maximum Gasteiger partial charge on any atom is 0.123 e. The molecule has 2 aromatic heterocycles. The second kappa shape index (κ2) is 11.8. The topological polar surface area (TPSA) is 61.4 Å². The first kappa shape index (κ1) is 24.7. The number of hydrogen-bond donors (Lipinski definition) is 0. The number of benzene rings is 4. The molecule has 0 aliphatic rings. The zero-order chi connectivity index (χ0) is 26.2. The van der Waals surface area contributed by atoms with Crippen molar-refractivity contribution in [2.75, 3.05) is 0 Å². The summed E-state index contributed by atoms with van der Waals surface area (Å²) in [6.07, 6.45) is 3.64. The van der Waals surface area contributed by atoms with Crippen LogP contribution in [0.25, 0.3) is 22.5 Å². The fraction of sp³-hybridized carbons (Fsp3) is 0.0667. The Hall–Kier alpha value is -4.98. The third-order valence-corrected chi connectivity index (χ3v) is 5.69. The molecule has 0 N–H and O–H groups in total. The van der Waals surface area contributed by atoms with Gasteiger partial charge in [-0.1, -0.05) is 95.4 Å². The second-order valence-corrected chi connectivity index (χ2v) is 8.59. The summed E-state index contributed by atoms with van der Waals surface area (Å²) < 4.78 is 29.8.